The molecule has 0 aliphatic heterocycles. The molecular weight excluding hydrogens is 256 g/mol. The summed E-state index contributed by atoms with van der Waals surface area (Å²) in [5.41, 5.74) is 1.42. The van der Waals surface area contributed by atoms with Crippen molar-refractivity contribution in [2.45, 2.75) is 6.92 Å². The van der Waals surface area contributed by atoms with Crippen LogP contribution >= 0.6 is 0 Å². The zero-order chi connectivity index (χ0) is 14.7. The highest BCUT2D eigenvalue weighted by atomic mass is 16.3. The van der Waals surface area contributed by atoms with Crippen molar-refractivity contribution in [2.75, 3.05) is 0 Å². The minimum atomic E-state index is -0.284. The third-order valence-corrected chi connectivity index (χ3v) is 2.83. The van der Waals surface area contributed by atoms with Crippen LogP contribution in [0.15, 0.2) is 36.4 Å². The topological polar surface area (TPSA) is 77.8 Å². The van der Waals surface area contributed by atoms with Gasteiger partial charge in [0.25, 0.3) is 0 Å². The summed E-state index contributed by atoms with van der Waals surface area (Å²) in [6.07, 6.45) is 3.35. The Bertz CT molecular complexity index is 670. The Morgan fingerprint density at radius 3 is 2.20 bits per heavy atom. The second-order valence-corrected chi connectivity index (χ2v) is 4.41. The Hall–Kier alpha value is -2.75. The number of ketones is 1. The average molecular weight is 270 g/mol. The van der Waals surface area contributed by atoms with Gasteiger partial charge in [0.1, 0.15) is 17.2 Å². The molecule has 0 radical (unpaired) electrons. The van der Waals surface area contributed by atoms with Crippen LogP contribution in [0.4, 0.5) is 0 Å². The Labute approximate surface area is 116 Å². The monoisotopic (exact) mass is 270 g/mol. The van der Waals surface area contributed by atoms with Crippen LogP contribution in [0, 0.1) is 0 Å². The molecule has 0 aromatic heterocycles. The molecule has 2 rings (SSSR count). The van der Waals surface area contributed by atoms with E-state index in [-0.39, 0.29) is 28.6 Å². The number of Topliss-reactive ketones (excluding diaryl/α,β-unsaturated/α-hetero) is 1. The number of rotatable bonds is 3. The summed E-state index contributed by atoms with van der Waals surface area (Å²) in [4.78, 5) is 11.5. The van der Waals surface area contributed by atoms with Gasteiger partial charge in [0.15, 0.2) is 5.78 Å². The lowest BCUT2D eigenvalue weighted by Crippen LogP contribution is -1.96. The maximum absolute atomic E-state index is 11.5. The van der Waals surface area contributed by atoms with Gasteiger partial charge in [-0.1, -0.05) is 24.3 Å². The van der Waals surface area contributed by atoms with Crippen LogP contribution < -0.4 is 0 Å². The predicted octanol–water partition coefficient (Wildman–Crippen LogP) is 3.18. The summed E-state index contributed by atoms with van der Waals surface area (Å²) >= 11 is 0. The van der Waals surface area contributed by atoms with Gasteiger partial charge < -0.3 is 15.3 Å². The standard InChI is InChI=1S/C16H14O4/c1-10(17)16-12(8-14(19)9-15(16)20)5-2-11-3-6-13(18)7-4-11/h2-9,18-20H,1H3. The van der Waals surface area contributed by atoms with E-state index in [2.05, 4.69) is 0 Å². The number of hydrogen-bond donors (Lipinski definition) is 3. The molecule has 0 atom stereocenters. The predicted molar refractivity (Wildman–Crippen MR) is 76.8 cm³/mol. The first-order valence-corrected chi connectivity index (χ1v) is 6.01. The largest absolute Gasteiger partial charge is 0.508 e. The summed E-state index contributed by atoms with van der Waals surface area (Å²) in [7, 11) is 0. The van der Waals surface area contributed by atoms with Crippen LogP contribution in [0.2, 0.25) is 0 Å². The molecule has 0 saturated heterocycles. The van der Waals surface area contributed by atoms with E-state index in [9.17, 15) is 20.1 Å². The maximum Gasteiger partial charge on any atom is 0.164 e. The van der Waals surface area contributed by atoms with Crippen molar-refractivity contribution < 1.29 is 20.1 Å². The second kappa shape index (κ2) is 5.48. The number of benzene rings is 2. The molecule has 0 saturated carbocycles. The van der Waals surface area contributed by atoms with Gasteiger partial charge in [-0.15, -0.1) is 0 Å². The third-order valence-electron chi connectivity index (χ3n) is 2.83. The number of hydrogen-bond acceptors (Lipinski definition) is 4. The zero-order valence-corrected chi connectivity index (χ0v) is 10.9. The van der Waals surface area contributed by atoms with Crippen molar-refractivity contribution >= 4 is 17.9 Å². The fourth-order valence-electron chi connectivity index (χ4n) is 1.92. The lowest BCUT2D eigenvalue weighted by Gasteiger charge is -2.06. The summed E-state index contributed by atoms with van der Waals surface area (Å²) in [6, 6.07) is 9.06. The molecule has 0 aliphatic carbocycles. The van der Waals surface area contributed by atoms with E-state index in [1.807, 2.05) is 0 Å². The van der Waals surface area contributed by atoms with Gasteiger partial charge in [-0.2, -0.15) is 0 Å². The van der Waals surface area contributed by atoms with Crippen LogP contribution in [0.3, 0.4) is 0 Å². The molecule has 0 amide bonds. The fraction of sp³-hybridized carbons (Fsp3) is 0.0625. The molecular formula is C16H14O4. The minimum absolute atomic E-state index is 0.113. The lowest BCUT2D eigenvalue weighted by atomic mass is 10.0. The Balaban J connectivity index is 2.42. The number of carbonyl (C=O) groups is 1. The normalized spacial score (nSPS) is 10.8. The molecule has 2 aromatic carbocycles. The van der Waals surface area contributed by atoms with Gasteiger partial charge in [-0.25, -0.2) is 0 Å². The summed E-state index contributed by atoms with van der Waals surface area (Å²) < 4.78 is 0. The molecule has 0 unspecified atom stereocenters. The first-order chi connectivity index (χ1) is 9.47. The average Bonchev–Trinajstić information content (AvgIpc) is 2.36. The van der Waals surface area contributed by atoms with Crippen LogP contribution in [0.5, 0.6) is 17.2 Å². The fourth-order valence-corrected chi connectivity index (χ4v) is 1.92. The van der Waals surface area contributed by atoms with Crippen molar-refractivity contribution in [3.63, 3.8) is 0 Å². The van der Waals surface area contributed by atoms with E-state index in [0.29, 0.717) is 5.56 Å². The molecule has 4 nitrogen and oxygen atoms in total. The van der Waals surface area contributed by atoms with Gasteiger partial charge in [-0.05, 0) is 36.2 Å². The molecule has 0 bridgehead atoms. The molecule has 2 aromatic rings. The van der Waals surface area contributed by atoms with Crippen molar-refractivity contribution in [3.05, 3.63) is 53.1 Å². The Morgan fingerprint density at radius 2 is 1.60 bits per heavy atom. The Kier molecular flexibility index (Phi) is 3.75. The van der Waals surface area contributed by atoms with E-state index < -0.39 is 0 Å². The van der Waals surface area contributed by atoms with Crippen molar-refractivity contribution in [1.82, 2.24) is 0 Å². The molecule has 20 heavy (non-hydrogen) atoms. The minimum Gasteiger partial charge on any atom is -0.508 e. The van der Waals surface area contributed by atoms with Crippen LogP contribution in [-0.2, 0) is 0 Å². The second-order valence-electron chi connectivity index (χ2n) is 4.41. The summed E-state index contributed by atoms with van der Waals surface area (Å²) in [5, 5.41) is 28.4. The highest BCUT2D eigenvalue weighted by Gasteiger charge is 2.12. The zero-order valence-electron chi connectivity index (χ0n) is 10.9. The summed E-state index contributed by atoms with van der Waals surface area (Å²) in [5.74, 6) is -0.477. The van der Waals surface area contributed by atoms with Gasteiger partial charge in [0.05, 0.1) is 5.56 Å². The van der Waals surface area contributed by atoms with E-state index in [1.165, 1.54) is 13.0 Å². The number of phenols is 3. The number of aromatic hydroxyl groups is 3. The molecule has 102 valence electrons. The smallest absolute Gasteiger partial charge is 0.164 e. The first-order valence-electron chi connectivity index (χ1n) is 6.01. The van der Waals surface area contributed by atoms with Crippen molar-refractivity contribution in [2.24, 2.45) is 0 Å². The molecule has 0 fully saturated rings. The SMILES string of the molecule is CC(=O)c1c(O)cc(O)cc1C=Cc1ccc(O)cc1. The first kappa shape index (κ1) is 13.7. The van der Waals surface area contributed by atoms with E-state index >= 15 is 0 Å². The quantitative estimate of drug-likeness (QED) is 0.591. The number of phenolic OH excluding ortho intramolecular Hbond substituents is 3. The van der Waals surface area contributed by atoms with E-state index in [0.717, 1.165) is 11.6 Å². The number of carbonyl (C=O) groups excluding carboxylic acids is 1. The summed E-state index contributed by atoms with van der Waals surface area (Å²) in [6.45, 7) is 1.35. The third kappa shape index (κ3) is 2.98. The molecule has 4 heteroatoms. The molecule has 3 N–H and O–H groups in total. The van der Waals surface area contributed by atoms with Gasteiger partial charge >= 0.3 is 0 Å². The highest BCUT2D eigenvalue weighted by Crippen LogP contribution is 2.29. The van der Waals surface area contributed by atoms with Crippen molar-refractivity contribution in [3.8, 4) is 17.2 Å². The van der Waals surface area contributed by atoms with Crippen molar-refractivity contribution in [1.29, 1.82) is 0 Å². The van der Waals surface area contributed by atoms with Gasteiger partial charge in [0.2, 0.25) is 0 Å². The maximum atomic E-state index is 11.5. The van der Waals surface area contributed by atoms with E-state index in [4.69, 9.17) is 0 Å². The van der Waals surface area contributed by atoms with Crippen LogP contribution in [-0.4, -0.2) is 21.1 Å². The molecule has 0 spiro atoms. The Morgan fingerprint density at radius 1 is 0.950 bits per heavy atom. The van der Waals surface area contributed by atoms with Gasteiger partial charge in [0, 0.05) is 6.07 Å². The van der Waals surface area contributed by atoms with Gasteiger partial charge in [-0.3, -0.25) is 4.79 Å². The highest BCUT2D eigenvalue weighted by molar-refractivity contribution is 6.01. The van der Waals surface area contributed by atoms with Crippen LogP contribution in [0.25, 0.3) is 12.2 Å². The van der Waals surface area contributed by atoms with E-state index in [1.54, 1.807) is 36.4 Å². The van der Waals surface area contributed by atoms with Crippen LogP contribution in [0.1, 0.15) is 28.4 Å². The lowest BCUT2D eigenvalue weighted by molar-refractivity contribution is 0.101. The molecule has 0 heterocycles. The molecule has 0 aliphatic rings.